The molecule has 0 spiro atoms. The molecule has 2 heterocycles. The lowest BCUT2D eigenvalue weighted by atomic mass is 10.2. The molecule has 0 aliphatic carbocycles. The van der Waals surface area contributed by atoms with Crippen molar-refractivity contribution in [1.82, 2.24) is 20.4 Å². The molecule has 2 aromatic heterocycles. The minimum absolute atomic E-state index is 0.290. The van der Waals surface area contributed by atoms with Gasteiger partial charge in [-0.3, -0.25) is 14.8 Å². The molecule has 23 heavy (non-hydrogen) atoms. The van der Waals surface area contributed by atoms with Crippen LogP contribution in [-0.2, 0) is 0 Å². The highest BCUT2D eigenvalue weighted by Gasteiger charge is 2.16. The van der Waals surface area contributed by atoms with E-state index in [1.165, 1.54) is 11.3 Å². The van der Waals surface area contributed by atoms with Crippen molar-refractivity contribution in [2.45, 2.75) is 6.92 Å². The standard InChI is InChI=1S/C16H13N5OS/c1-11-14(23-16(20-11)13-10-17-7-8-18-13)15(22)21-19-9-12-5-3-2-4-6-12/h2-10H,1H3,(H,21,22). The smallest absolute Gasteiger partial charge is 0.266 e. The largest absolute Gasteiger partial charge is 0.283 e. The first-order valence-electron chi connectivity index (χ1n) is 6.86. The minimum atomic E-state index is -0.290. The lowest BCUT2D eigenvalue weighted by Crippen LogP contribution is -2.17. The monoisotopic (exact) mass is 323 g/mol. The number of amides is 1. The van der Waals surface area contributed by atoms with E-state index in [0.29, 0.717) is 21.3 Å². The Morgan fingerprint density at radius 3 is 2.83 bits per heavy atom. The van der Waals surface area contributed by atoms with Gasteiger partial charge in [0.05, 0.1) is 18.1 Å². The molecule has 3 aromatic rings. The molecule has 114 valence electrons. The van der Waals surface area contributed by atoms with Crippen LogP contribution < -0.4 is 5.43 Å². The van der Waals surface area contributed by atoms with Crippen LogP contribution in [-0.4, -0.2) is 27.1 Å². The number of carbonyl (C=O) groups is 1. The summed E-state index contributed by atoms with van der Waals surface area (Å²) in [7, 11) is 0. The molecule has 0 fully saturated rings. The van der Waals surface area contributed by atoms with Crippen molar-refractivity contribution >= 4 is 23.5 Å². The van der Waals surface area contributed by atoms with E-state index in [-0.39, 0.29) is 5.91 Å². The quantitative estimate of drug-likeness (QED) is 0.591. The van der Waals surface area contributed by atoms with Crippen molar-refractivity contribution in [3.63, 3.8) is 0 Å². The van der Waals surface area contributed by atoms with Crippen LogP contribution in [0, 0.1) is 6.92 Å². The van der Waals surface area contributed by atoms with E-state index in [4.69, 9.17) is 0 Å². The highest BCUT2D eigenvalue weighted by atomic mass is 32.1. The van der Waals surface area contributed by atoms with Gasteiger partial charge in [0.15, 0.2) is 0 Å². The third-order valence-corrected chi connectivity index (χ3v) is 4.14. The molecular weight excluding hydrogens is 310 g/mol. The van der Waals surface area contributed by atoms with Gasteiger partial charge in [-0.25, -0.2) is 10.4 Å². The summed E-state index contributed by atoms with van der Waals surface area (Å²) in [6, 6.07) is 9.54. The van der Waals surface area contributed by atoms with E-state index in [1.807, 2.05) is 30.3 Å². The summed E-state index contributed by atoms with van der Waals surface area (Å²) in [4.78, 5) is 25.3. The third kappa shape index (κ3) is 3.64. The van der Waals surface area contributed by atoms with E-state index in [0.717, 1.165) is 5.56 Å². The first kappa shape index (κ1) is 15.0. The van der Waals surface area contributed by atoms with E-state index in [2.05, 4.69) is 25.5 Å². The highest BCUT2D eigenvalue weighted by Crippen LogP contribution is 2.25. The molecule has 3 rings (SSSR count). The van der Waals surface area contributed by atoms with Gasteiger partial charge in [0.25, 0.3) is 5.91 Å². The number of nitrogens with one attached hydrogen (secondary N) is 1. The third-order valence-electron chi connectivity index (χ3n) is 2.96. The zero-order chi connectivity index (χ0) is 16.1. The Morgan fingerprint density at radius 1 is 1.26 bits per heavy atom. The topological polar surface area (TPSA) is 80.1 Å². The number of hydrogen-bond acceptors (Lipinski definition) is 6. The lowest BCUT2D eigenvalue weighted by Gasteiger charge is -1.97. The number of hydrazone groups is 1. The second-order valence-corrected chi connectivity index (χ2v) is 5.63. The van der Waals surface area contributed by atoms with Crippen molar-refractivity contribution < 1.29 is 4.79 Å². The van der Waals surface area contributed by atoms with Crippen LogP contribution in [0.15, 0.2) is 54.0 Å². The van der Waals surface area contributed by atoms with Crippen molar-refractivity contribution in [2.75, 3.05) is 0 Å². The van der Waals surface area contributed by atoms with Gasteiger partial charge in [0.2, 0.25) is 0 Å². The first-order chi connectivity index (χ1) is 11.2. The van der Waals surface area contributed by atoms with Gasteiger partial charge in [-0.05, 0) is 12.5 Å². The van der Waals surface area contributed by atoms with Crippen LogP contribution in [0.3, 0.4) is 0 Å². The molecule has 0 bridgehead atoms. The molecule has 0 atom stereocenters. The van der Waals surface area contributed by atoms with Crippen molar-refractivity contribution in [3.05, 3.63) is 65.1 Å². The number of benzene rings is 1. The summed E-state index contributed by atoms with van der Waals surface area (Å²) in [5, 5.41) is 4.63. The molecule has 0 aliphatic heterocycles. The minimum Gasteiger partial charge on any atom is -0.266 e. The fraction of sp³-hybridized carbons (Fsp3) is 0.0625. The first-order valence-corrected chi connectivity index (χ1v) is 7.68. The fourth-order valence-electron chi connectivity index (χ4n) is 1.88. The molecule has 6 nitrogen and oxygen atoms in total. The van der Waals surface area contributed by atoms with Gasteiger partial charge in [-0.15, -0.1) is 11.3 Å². The molecule has 0 saturated heterocycles. The lowest BCUT2D eigenvalue weighted by molar-refractivity contribution is 0.0958. The summed E-state index contributed by atoms with van der Waals surface area (Å²) in [5.74, 6) is -0.290. The number of aryl methyl sites for hydroxylation is 1. The molecule has 0 radical (unpaired) electrons. The maximum Gasteiger partial charge on any atom is 0.283 e. The zero-order valence-electron chi connectivity index (χ0n) is 12.3. The summed E-state index contributed by atoms with van der Waals surface area (Å²) in [5.41, 5.74) is 4.72. The summed E-state index contributed by atoms with van der Waals surface area (Å²) in [6.45, 7) is 1.78. The number of carbonyl (C=O) groups excluding carboxylic acids is 1. The van der Waals surface area contributed by atoms with E-state index in [9.17, 15) is 4.79 Å². The van der Waals surface area contributed by atoms with Gasteiger partial charge in [-0.2, -0.15) is 5.10 Å². The Kier molecular flexibility index (Phi) is 4.49. The van der Waals surface area contributed by atoms with Crippen LogP contribution in [0.25, 0.3) is 10.7 Å². The van der Waals surface area contributed by atoms with E-state index >= 15 is 0 Å². The number of aromatic nitrogens is 3. The fourth-order valence-corrected chi connectivity index (χ4v) is 2.80. The van der Waals surface area contributed by atoms with Gasteiger partial charge in [-0.1, -0.05) is 30.3 Å². The Bertz CT molecular complexity index is 830. The zero-order valence-corrected chi connectivity index (χ0v) is 13.1. The van der Waals surface area contributed by atoms with E-state index < -0.39 is 0 Å². The van der Waals surface area contributed by atoms with Crippen molar-refractivity contribution in [1.29, 1.82) is 0 Å². The summed E-state index contributed by atoms with van der Waals surface area (Å²) >= 11 is 1.27. The molecule has 0 unspecified atom stereocenters. The molecule has 0 saturated carbocycles. The van der Waals surface area contributed by atoms with Crippen molar-refractivity contribution in [2.24, 2.45) is 5.10 Å². The average molecular weight is 323 g/mol. The number of rotatable bonds is 4. The van der Waals surface area contributed by atoms with Crippen LogP contribution in [0.4, 0.5) is 0 Å². The molecular formula is C16H13N5OS. The summed E-state index contributed by atoms with van der Waals surface area (Å²) in [6.07, 6.45) is 6.40. The number of thiazole rings is 1. The van der Waals surface area contributed by atoms with E-state index in [1.54, 1.807) is 31.7 Å². The SMILES string of the molecule is Cc1nc(-c2cnccn2)sc1C(=O)NN=Cc1ccccc1. The van der Waals surface area contributed by atoms with Gasteiger partial charge >= 0.3 is 0 Å². The Labute approximate surface area is 137 Å². The maximum absolute atomic E-state index is 12.2. The second kappa shape index (κ2) is 6.89. The second-order valence-electron chi connectivity index (χ2n) is 4.63. The normalized spacial score (nSPS) is 10.8. The molecule has 1 amide bonds. The molecule has 7 heteroatoms. The van der Waals surface area contributed by atoms with Crippen LogP contribution >= 0.6 is 11.3 Å². The van der Waals surface area contributed by atoms with Crippen LogP contribution in [0.2, 0.25) is 0 Å². The number of nitrogens with zero attached hydrogens (tertiary/aromatic N) is 4. The van der Waals surface area contributed by atoms with Crippen LogP contribution in [0.5, 0.6) is 0 Å². The average Bonchev–Trinajstić information content (AvgIpc) is 2.98. The molecule has 1 N–H and O–H groups in total. The molecule has 0 aliphatic rings. The Morgan fingerprint density at radius 2 is 2.09 bits per heavy atom. The maximum atomic E-state index is 12.2. The van der Waals surface area contributed by atoms with Gasteiger partial charge in [0, 0.05) is 12.4 Å². The van der Waals surface area contributed by atoms with Crippen molar-refractivity contribution in [3.8, 4) is 10.7 Å². The molecule has 1 aromatic carbocycles. The predicted molar refractivity (Wildman–Crippen MR) is 89.4 cm³/mol. The Balaban J connectivity index is 1.73. The Hall–Kier alpha value is -2.93. The van der Waals surface area contributed by atoms with Gasteiger partial charge < -0.3 is 0 Å². The highest BCUT2D eigenvalue weighted by molar-refractivity contribution is 7.17. The van der Waals surface area contributed by atoms with Gasteiger partial charge in [0.1, 0.15) is 15.6 Å². The van der Waals surface area contributed by atoms with Crippen LogP contribution in [0.1, 0.15) is 20.9 Å². The number of hydrogen-bond donors (Lipinski definition) is 1. The summed E-state index contributed by atoms with van der Waals surface area (Å²) < 4.78 is 0. The predicted octanol–water partition coefficient (Wildman–Crippen LogP) is 2.67.